The van der Waals surface area contributed by atoms with Crippen LogP contribution in [0.15, 0.2) is 27.6 Å². The third-order valence-corrected chi connectivity index (χ3v) is 7.36. The number of halogens is 2. The molecule has 3 rings (SSSR count). The number of carbonyl (C=O) groups is 1. The van der Waals surface area contributed by atoms with E-state index >= 15 is 0 Å². The van der Waals surface area contributed by atoms with Crippen molar-refractivity contribution < 1.29 is 17.7 Å². The van der Waals surface area contributed by atoms with Crippen LogP contribution in [0.3, 0.4) is 0 Å². The first-order chi connectivity index (χ1) is 12.7. The van der Waals surface area contributed by atoms with Gasteiger partial charge in [-0.2, -0.15) is 4.31 Å². The number of hydrogen-bond donors (Lipinski definition) is 1. The highest BCUT2D eigenvalue weighted by Gasteiger charge is 2.36. The van der Waals surface area contributed by atoms with Crippen molar-refractivity contribution in [3.8, 4) is 0 Å². The molecule has 1 aliphatic rings. The van der Waals surface area contributed by atoms with Gasteiger partial charge in [0.15, 0.2) is 5.76 Å². The fraction of sp³-hybridized carbons (Fsp3) is 0.412. The van der Waals surface area contributed by atoms with Crippen molar-refractivity contribution in [1.82, 2.24) is 9.46 Å². The number of amides is 1. The van der Waals surface area contributed by atoms with Gasteiger partial charge in [-0.3, -0.25) is 4.79 Å². The molecule has 1 amide bonds. The number of sulfonamides is 1. The highest BCUT2D eigenvalue weighted by atomic mass is 35.5. The number of hydrogen-bond acceptors (Lipinski definition) is 5. The molecule has 2 heterocycles. The van der Waals surface area contributed by atoms with Gasteiger partial charge in [-0.05, 0) is 44.9 Å². The van der Waals surface area contributed by atoms with Gasteiger partial charge in [0.05, 0.1) is 16.0 Å². The van der Waals surface area contributed by atoms with Crippen molar-refractivity contribution in [2.24, 2.45) is 5.92 Å². The molecule has 1 atom stereocenters. The minimum Gasteiger partial charge on any atom is -0.360 e. The molecule has 1 aromatic heterocycles. The van der Waals surface area contributed by atoms with Gasteiger partial charge in [-0.15, -0.1) is 0 Å². The Balaban J connectivity index is 1.75. The third kappa shape index (κ3) is 4.13. The lowest BCUT2D eigenvalue weighted by atomic mass is 9.99. The number of nitrogens with one attached hydrogen (secondary N) is 1. The predicted octanol–water partition coefficient (Wildman–Crippen LogP) is 3.64. The fourth-order valence-electron chi connectivity index (χ4n) is 3.16. The van der Waals surface area contributed by atoms with E-state index in [1.54, 1.807) is 32.0 Å². The molecule has 1 aliphatic heterocycles. The monoisotopic (exact) mass is 431 g/mol. The SMILES string of the molecule is Cc1noc(C)c1S(=O)(=O)N1CCC[C@@H](C(=O)Nc2ccc(Cl)c(Cl)c2)C1. The van der Waals surface area contributed by atoms with E-state index < -0.39 is 15.9 Å². The molecule has 10 heteroatoms. The van der Waals surface area contributed by atoms with E-state index in [0.717, 1.165) is 0 Å². The normalized spacial score (nSPS) is 18.4. The Bertz CT molecular complexity index is 955. The second-order valence-electron chi connectivity index (χ2n) is 6.47. The van der Waals surface area contributed by atoms with E-state index in [-0.39, 0.29) is 23.1 Å². The summed E-state index contributed by atoms with van der Waals surface area (Å²) in [5.41, 5.74) is 0.829. The first kappa shape index (κ1) is 20.1. The van der Waals surface area contributed by atoms with Crippen LogP contribution in [0.4, 0.5) is 5.69 Å². The molecule has 0 saturated carbocycles. The highest BCUT2D eigenvalue weighted by molar-refractivity contribution is 7.89. The van der Waals surface area contributed by atoms with E-state index in [9.17, 15) is 13.2 Å². The third-order valence-electron chi connectivity index (χ3n) is 4.51. The zero-order valence-electron chi connectivity index (χ0n) is 14.8. The van der Waals surface area contributed by atoms with Gasteiger partial charge in [0, 0.05) is 18.8 Å². The summed E-state index contributed by atoms with van der Waals surface area (Å²) in [5, 5.41) is 7.22. The van der Waals surface area contributed by atoms with Crippen LogP contribution in [0.2, 0.25) is 10.0 Å². The molecule has 1 aromatic carbocycles. The first-order valence-corrected chi connectivity index (χ1v) is 10.6. The Hall–Kier alpha value is -1.61. The Kier molecular flexibility index (Phi) is 5.81. The first-order valence-electron chi connectivity index (χ1n) is 8.39. The van der Waals surface area contributed by atoms with Crippen LogP contribution >= 0.6 is 23.2 Å². The lowest BCUT2D eigenvalue weighted by Crippen LogP contribution is -2.43. The lowest BCUT2D eigenvalue weighted by molar-refractivity contribution is -0.120. The topological polar surface area (TPSA) is 92.5 Å². The van der Waals surface area contributed by atoms with Crippen LogP contribution in [0.1, 0.15) is 24.3 Å². The minimum atomic E-state index is -3.77. The van der Waals surface area contributed by atoms with Crippen molar-refractivity contribution in [2.45, 2.75) is 31.6 Å². The van der Waals surface area contributed by atoms with Crippen molar-refractivity contribution in [3.05, 3.63) is 39.7 Å². The Labute approximate surface area is 167 Å². The summed E-state index contributed by atoms with van der Waals surface area (Å²) >= 11 is 11.8. The number of benzene rings is 1. The molecular formula is C17H19Cl2N3O4S. The van der Waals surface area contributed by atoms with Gasteiger partial charge >= 0.3 is 0 Å². The van der Waals surface area contributed by atoms with E-state index in [4.69, 9.17) is 27.7 Å². The second-order valence-corrected chi connectivity index (χ2v) is 9.16. The number of aryl methyl sites for hydroxylation is 2. The standard InChI is InChI=1S/C17H19Cl2N3O4S/c1-10-16(11(2)26-21-10)27(24,25)22-7-3-4-12(9-22)17(23)20-13-5-6-14(18)15(19)8-13/h5-6,8,12H,3-4,7,9H2,1-2H3,(H,20,23)/t12-/m1/s1. The molecular weight excluding hydrogens is 413 g/mol. The average molecular weight is 432 g/mol. The summed E-state index contributed by atoms with van der Waals surface area (Å²) in [4.78, 5) is 12.7. The number of aromatic nitrogens is 1. The number of nitrogens with zero attached hydrogens (tertiary/aromatic N) is 2. The Morgan fingerprint density at radius 1 is 1.30 bits per heavy atom. The molecule has 1 saturated heterocycles. The van der Waals surface area contributed by atoms with Crippen LogP contribution in [-0.4, -0.2) is 36.9 Å². The summed E-state index contributed by atoms with van der Waals surface area (Å²) < 4.78 is 32.2. The van der Waals surface area contributed by atoms with Gasteiger partial charge in [-0.1, -0.05) is 28.4 Å². The molecule has 1 N–H and O–H groups in total. The summed E-state index contributed by atoms with van der Waals surface area (Å²) in [7, 11) is -3.77. The van der Waals surface area contributed by atoms with Crippen molar-refractivity contribution >= 4 is 44.8 Å². The van der Waals surface area contributed by atoms with Crippen LogP contribution in [0.25, 0.3) is 0 Å². The second kappa shape index (κ2) is 7.79. The number of carbonyl (C=O) groups excluding carboxylic acids is 1. The average Bonchev–Trinajstić information content (AvgIpc) is 2.97. The maximum Gasteiger partial charge on any atom is 0.248 e. The molecule has 0 bridgehead atoms. The van der Waals surface area contributed by atoms with Gasteiger partial charge in [0.1, 0.15) is 10.6 Å². The van der Waals surface area contributed by atoms with Gasteiger partial charge in [-0.25, -0.2) is 8.42 Å². The summed E-state index contributed by atoms with van der Waals surface area (Å²) in [5.74, 6) is -0.481. The Morgan fingerprint density at radius 2 is 2.04 bits per heavy atom. The molecule has 0 spiro atoms. The van der Waals surface area contributed by atoms with Crippen molar-refractivity contribution in [3.63, 3.8) is 0 Å². The van der Waals surface area contributed by atoms with E-state index in [1.165, 1.54) is 4.31 Å². The quantitative estimate of drug-likeness (QED) is 0.797. The van der Waals surface area contributed by atoms with E-state index in [1.807, 2.05) is 0 Å². The van der Waals surface area contributed by atoms with Gasteiger partial charge in [0.2, 0.25) is 15.9 Å². The molecule has 0 aliphatic carbocycles. The largest absolute Gasteiger partial charge is 0.360 e. The van der Waals surface area contributed by atoms with Crippen molar-refractivity contribution in [1.29, 1.82) is 0 Å². The molecule has 27 heavy (non-hydrogen) atoms. The molecule has 1 fully saturated rings. The molecule has 7 nitrogen and oxygen atoms in total. The number of piperidine rings is 1. The highest BCUT2D eigenvalue weighted by Crippen LogP contribution is 2.29. The minimum absolute atomic E-state index is 0.0769. The lowest BCUT2D eigenvalue weighted by Gasteiger charge is -2.31. The smallest absolute Gasteiger partial charge is 0.248 e. The van der Waals surface area contributed by atoms with Gasteiger partial charge < -0.3 is 9.84 Å². The molecule has 2 aromatic rings. The number of rotatable bonds is 4. The molecule has 146 valence electrons. The maximum absolute atomic E-state index is 13.0. The van der Waals surface area contributed by atoms with Crippen molar-refractivity contribution in [2.75, 3.05) is 18.4 Å². The maximum atomic E-state index is 13.0. The molecule has 0 unspecified atom stereocenters. The van der Waals surface area contributed by atoms with E-state index in [2.05, 4.69) is 10.5 Å². The predicted molar refractivity (Wildman–Crippen MR) is 103 cm³/mol. The zero-order chi connectivity index (χ0) is 19.8. The molecule has 0 radical (unpaired) electrons. The Morgan fingerprint density at radius 3 is 2.67 bits per heavy atom. The van der Waals surface area contributed by atoms with Crippen LogP contribution in [0, 0.1) is 19.8 Å². The summed E-state index contributed by atoms with van der Waals surface area (Å²) in [6.45, 7) is 3.59. The summed E-state index contributed by atoms with van der Waals surface area (Å²) in [6, 6.07) is 4.80. The van der Waals surface area contributed by atoms with Crippen LogP contribution < -0.4 is 5.32 Å². The zero-order valence-corrected chi connectivity index (χ0v) is 17.2. The van der Waals surface area contributed by atoms with Gasteiger partial charge in [0.25, 0.3) is 0 Å². The van der Waals surface area contributed by atoms with Crippen LogP contribution in [0.5, 0.6) is 0 Å². The fourth-order valence-corrected chi connectivity index (χ4v) is 5.28. The van der Waals surface area contributed by atoms with E-state index in [0.29, 0.717) is 40.8 Å². The summed E-state index contributed by atoms with van der Waals surface area (Å²) in [6.07, 6.45) is 1.18. The van der Waals surface area contributed by atoms with Crippen LogP contribution in [-0.2, 0) is 14.8 Å². The number of anilines is 1.